The molecule has 4 heterocycles. The van der Waals surface area contributed by atoms with E-state index >= 15 is 0 Å². The Balaban J connectivity index is 0.000000147. The zero-order valence-electron chi connectivity index (χ0n) is 27.8. The van der Waals surface area contributed by atoms with Gasteiger partial charge < -0.3 is 8.80 Å². The van der Waals surface area contributed by atoms with E-state index in [9.17, 15) is 0 Å². The highest BCUT2D eigenvalue weighted by Gasteiger charge is 2.27. The van der Waals surface area contributed by atoms with Gasteiger partial charge in [-0.25, -0.2) is 0 Å². The predicted molar refractivity (Wildman–Crippen MR) is 207 cm³/mol. The maximum Gasteiger partial charge on any atom is 0.0811 e. The molecule has 4 heteroatoms. The maximum absolute atomic E-state index is 2.44. The molecular weight excluding hydrogens is 589 g/mol. The fourth-order valence-corrected chi connectivity index (χ4v) is 11.2. The topological polar surface area (TPSA) is 8.82 Å². The molecule has 0 amide bonds. The molecule has 0 unspecified atom stereocenters. The zero-order chi connectivity index (χ0) is 32.1. The molecule has 228 valence electrons. The second-order valence-corrected chi connectivity index (χ2v) is 24.3. The van der Waals surface area contributed by atoms with Gasteiger partial charge in [0.25, 0.3) is 0 Å². The van der Waals surface area contributed by atoms with Crippen molar-refractivity contribution in [3.05, 3.63) is 146 Å². The number of hydrogen-bond donors (Lipinski definition) is 0. The van der Waals surface area contributed by atoms with E-state index in [-0.39, 0.29) is 0 Å². The Kier molecular flexibility index (Phi) is 7.58. The first-order valence-electron chi connectivity index (χ1n) is 16.3. The van der Waals surface area contributed by atoms with Gasteiger partial charge in [-0.3, -0.25) is 0 Å². The van der Waals surface area contributed by atoms with Crippen LogP contribution in [0, 0.1) is 0 Å². The molecule has 0 fully saturated rings. The highest BCUT2D eigenvalue weighted by molar-refractivity contribution is 6.92. The number of benzene rings is 4. The molecule has 2 nitrogen and oxygen atoms in total. The summed E-state index contributed by atoms with van der Waals surface area (Å²) in [4.78, 5) is 0. The minimum Gasteiger partial charge on any atom is -0.317 e. The van der Waals surface area contributed by atoms with Gasteiger partial charge >= 0.3 is 0 Å². The van der Waals surface area contributed by atoms with Crippen LogP contribution in [0.25, 0.3) is 55.1 Å². The molecule has 0 saturated carbocycles. The third kappa shape index (κ3) is 5.22. The Morgan fingerprint density at radius 1 is 0.348 bits per heavy atom. The monoisotopic (exact) mass is 630 g/mol. The van der Waals surface area contributed by atoms with Crippen molar-refractivity contribution in [2.45, 2.75) is 39.3 Å². The van der Waals surface area contributed by atoms with E-state index in [0.29, 0.717) is 0 Å². The molecule has 46 heavy (non-hydrogen) atoms. The van der Waals surface area contributed by atoms with E-state index in [1.165, 1.54) is 55.1 Å². The normalized spacial score (nSPS) is 12.1. The summed E-state index contributed by atoms with van der Waals surface area (Å²) < 4.78 is 4.71. The molecule has 0 aliphatic rings. The molecule has 0 atom stereocenters. The number of nitrogens with zero attached hydrogens (tertiary/aromatic N) is 2. The quantitative estimate of drug-likeness (QED) is 0.171. The number of hydrogen-bond acceptors (Lipinski definition) is 0. The van der Waals surface area contributed by atoms with Crippen LogP contribution in [0.4, 0.5) is 0 Å². The summed E-state index contributed by atoms with van der Waals surface area (Å²) in [6.45, 7) is 14.6. The van der Waals surface area contributed by atoms with Crippen LogP contribution in [0.15, 0.2) is 146 Å². The molecule has 0 saturated heterocycles. The summed E-state index contributed by atoms with van der Waals surface area (Å²) in [5.41, 5.74) is 10.8. The maximum atomic E-state index is 2.44. The van der Waals surface area contributed by atoms with E-state index in [1.807, 2.05) is 0 Å². The summed E-state index contributed by atoms with van der Waals surface area (Å²) in [5.74, 6) is 0. The van der Waals surface area contributed by atoms with Crippen molar-refractivity contribution >= 4 is 59.4 Å². The van der Waals surface area contributed by atoms with Crippen molar-refractivity contribution in [2.24, 2.45) is 0 Å². The van der Waals surface area contributed by atoms with Gasteiger partial charge in [-0.1, -0.05) is 136 Å². The first-order valence-corrected chi connectivity index (χ1v) is 23.3. The van der Waals surface area contributed by atoms with Gasteiger partial charge in [0, 0.05) is 34.2 Å². The van der Waals surface area contributed by atoms with Crippen LogP contribution in [0.2, 0.25) is 39.3 Å². The third-order valence-electron chi connectivity index (χ3n) is 9.00. The van der Waals surface area contributed by atoms with Gasteiger partial charge in [0.05, 0.1) is 27.2 Å². The minimum absolute atomic E-state index is 1.29. The van der Waals surface area contributed by atoms with Crippen LogP contribution in [0.1, 0.15) is 0 Å². The molecule has 0 aliphatic carbocycles. The fourth-order valence-electron chi connectivity index (χ4n) is 7.23. The molecule has 0 spiro atoms. The minimum atomic E-state index is -1.53. The molecule has 8 aromatic rings. The van der Waals surface area contributed by atoms with Crippen LogP contribution >= 0.6 is 0 Å². The number of rotatable bonds is 4. The second-order valence-electron chi connectivity index (χ2n) is 14.3. The molecule has 4 aromatic carbocycles. The van der Waals surface area contributed by atoms with Crippen molar-refractivity contribution in [1.82, 2.24) is 8.80 Å². The van der Waals surface area contributed by atoms with Crippen molar-refractivity contribution in [3.8, 4) is 22.3 Å². The van der Waals surface area contributed by atoms with E-state index in [1.54, 1.807) is 10.4 Å². The van der Waals surface area contributed by atoms with Gasteiger partial charge in [0.1, 0.15) is 0 Å². The van der Waals surface area contributed by atoms with Crippen LogP contribution in [-0.2, 0) is 0 Å². The van der Waals surface area contributed by atoms with Crippen LogP contribution in [0.3, 0.4) is 0 Å². The van der Waals surface area contributed by atoms with Gasteiger partial charge in [0.2, 0.25) is 0 Å². The first-order chi connectivity index (χ1) is 22.1. The van der Waals surface area contributed by atoms with E-state index in [0.717, 1.165) is 0 Å². The summed E-state index contributed by atoms with van der Waals surface area (Å²) >= 11 is 0. The zero-order valence-corrected chi connectivity index (χ0v) is 29.8. The molecule has 4 aromatic heterocycles. The standard InChI is InChI=1S/2C21H21NSi/c2*1-23(2,3)21-19-14-9-15-22(19)18-13-8-7-12-17(18)20(21)16-10-5-4-6-11-16/h2*4-15H,1-3H3. The van der Waals surface area contributed by atoms with Crippen LogP contribution in [-0.4, -0.2) is 24.9 Å². The fraction of sp³-hybridized carbons (Fsp3) is 0.143. The van der Waals surface area contributed by atoms with Crippen molar-refractivity contribution in [3.63, 3.8) is 0 Å². The molecule has 8 rings (SSSR count). The molecule has 0 aliphatic heterocycles. The lowest BCUT2D eigenvalue weighted by Gasteiger charge is -2.25. The van der Waals surface area contributed by atoms with Crippen LogP contribution < -0.4 is 10.4 Å². The highest BCUT2D eigenvalue weighted by atomic mass is 28.3. The Hall–Kier alpha value is -4.65. The number of fused-ring (bicyclic) bond motifs is 6. The largest absolute Gasteiger partial charge is 0.317 e. The Morgan fingerprint density at radius 2 is 0.674 bits per heavy atom. The van der Waals surface area contributed by atoms with Crippen molar-refractivity contribution < 1.29 is 0 Å². The molecule has 0 N–H and O–H groups in total. The predicted octanol–water partition coefficient (Wildman–Crippen LogP) is 10.6. The summed E-state index contributed by atoms with van der Waals surface area (Å²) in [6.07, 6.45) is 4.38. The third-order valence-corrected chi connectivity index (χ3v) is 13.0. The van der Waals surface area contributed by atoms with E-state index in [4.69, 9.17) is 0 Å². The number of aromatic nitrogens is 2. The Labute approximate surface area is 274 Å². The average Bonchev–Trinajstić information content (AvgIpc) is 3.74. The SMILES string of the molecule is C[Si](C)(C)c1c(-c2ccccc2)c2ccccc2n2cccc12.C[Si](C)(C)c1c(-c2ccccc2)c2ccccc2n2cccc12. The van der Waals surface area contributed by atoms with Crippen molar-refractivity contribution in [2.75, 3.05) is 0 Å². The van der Waals surface area contributed by atoms with Gasteiger partial charge in [-0.15, -0.1) is 0 Å². The molecular formula is C42H42N2Si2. The second kappa shape index (κ2) is 11.6. The van der Waals surface area contributed by atoms with Gasteiger partial charge in [-0.2, -0.15) is 0 Å². The number of pyridine rings is 2. The van der Waals surface area contributed by atoms with Gasteiger partial charge in [0.15, 0.2) is 0 Å². The lowest BCUT2D eigenvalue weighted by atomic mass is 10.0. The van der Waals surface area contributed by atoms with E-state index < -0.39 is 16.1 Å². The highest BCUT2D eigenvalue weighted by Crippen LogP contribution is 2.33. The smallest absolute Gasteiger partial charge is 0.0811 e. The number of para-hydroxylation sites is 2. The summed E-state index contributed by atoms with van der Waals surface area (Å²) in [5, 5.41) is 5.79. The van der Waals surface area contributed by atoms with Gasteiger partial charge in [-0.05, 0) is 69.0 Å². The molecule has 0 radical (unpaired) electrons. The average molecular weight is 631 g/mol. The summed E-state index contributed by atoms with van der Waals surface area (Å²) in [7, 11) is -3.05. The Bertz CT molecular complexity index is 2150. The molecule has 0 bridgehead atoms. The van der Waals surface area contributed by atoms with Crippen molar-refractivity contribution in [1.29, 1.82) is 0 Å². The van der Waals surface area contributed by atoms with Crippen LogP contribution in [0.5, 0.6) is 0 Å². The first kappa shape index (κ1) is 30.0. The Morgan fingerprint density at radius 3 is 1.04 bits per heavy atom. The van der Waals surface area contributed by atoms with E-state index in [2.05, 4.69) is 194 Å². The lowest BCUT2D eigenvalue weighted by molar-refractivity contribution is 1.28. The summed E-state index contributed by atoms with van der Waals surface area (Å²) in [6, 6.07) is 48.1. The lowest BCUT2D eigenvalue weighted by Crippen LogP contribution is -2.40.